The molecule has 0 amide bonds. The number of hydrogen-bond donors (Lipinski definition) is 1. The average Bonchev–Trinajstić information content (AvgIpc) is 2.83. The third kappa shape index (κ3) is 5.18. The first-order chi connectivity index (χ1) is 17.4. The van der Waals surface area contributed by atoms with Crippen molar-refractivity contribution in [3.8, 4) is 22.7 Å². The van der Waals surface area contributed by atoms with Crippen molar-refractivity contribution in [2.24, 2.45) is 0 Å². The van der Waals surface area contributed by atoms with Gasteiger partial charge in [-0.15, -0.1) is 0 Å². The van der Waals surface area contributed by atoms with Gasteiger partial charge in [0.25, 0.3) is 5.56 Å². The highest BCUT2D eigenvalue weighted by atomic mass is 35.5. The van der Waals surface area contributed by atoms with Crippen LogP contribution in [-0.2, 0) is 12.2 Å². The number of hydrogen-bond acceptors (Lipinski definition) is 7. The topological polar surface area (TPSA) is 103 Å². The fourth-order valence-corrected chi connectivity index (χ4v) is 3.77. The Morgan fingerprint density at radius 2 is 1.84 bits per heavy atom. The van der Waals surface area contributed by atoms with Crippen LogP contribution < -0.4 is 10.3 Å². The molecule has 0 radical (unpaired) electrons. The van der Waals surface area contributed by atoms with Crippen LogP contribution >= 0.6 is 11.6 Å². The Labute approximate surface area is 214 Å². The van der Waals surface area contributed by atoms with Gasteiger partial charge in [-0.25, -0.2) is 28.1 Å². The molecule has 1 N–H and O–H groups in total. The molecule has 0 saturated carbocycles. The lowest BCUT2D eigenvalue weighted by atomic mass is 10.1. The van der Waals surface area contributed by atoms with E-state index in [-0.39, 0.29) is 45.6 Å². The monoisotopic (exact) mass is 531 g/mol. The number of aryl methyl sites for hydroxylation is 2. The van der Waals surface area contributed by atoms with Gasteiger partial charge in [0.1, 0.15) is 40.3 Å². The number of halogens is 4. The molecule has 0 aliphatic heterocycles. The Bertz CT molecular complexity index is 1570. The van der Waals surface area contributed by atoms with Crippen LogP contribution in [0.2, 0.25) is 5.02 Å². The summed E-state index contributed by atoms with van der Waals surface area (Å²) in [5.41, 5.74) is -1.82. The molecule has 0 atom stereocenters. The van der Waals surface area contributed by atoms with E-state index in [0.29, 0.717) is 6.07 Å². The Kier molecular flexibility index (Phi) is 7.03. The smallest absolute Gasteiger partial charge is 0.267 e. The number of nitrogens with zero attached hydrogens (tertiary/aromatic N) is 5. The van der Waals surface area contributed by atoms with Crippen LogP contribution in [0.5, 0.6) is 5.75 Å². The third-order valence-corrected chi connectivity index (χ3v) is 5.78. The highest BCUT2D eigenvalue weighted by Gasteiger charge is 2.24. The molecule has 1 aromatic carbocycles. The van der Waals surface area contributed by atoms with Gasteiger partial charge in [-0.1, -0.05) is 11.6 Å². The average molecular weight is 532 g/mol. The standard InChI is InChI=1S/C25H21ClF3N5O3/c1-12-7-19(37-11-18-16(28)8-14(27)9-32-18)20(26)21(29)22(12)34-13(2)31-10-15(23(34)35)17-5-6-30-24(33-17)25(3,4)36/h5-10,36H,11H2,1-4H3. The van der Waals surface area contributed by atoms with Gasteiger partial charge in [-0.3, -0.25) is 14.3 Å². The van der Waals surface area contributed by atoms with Crippen molar-refractivity contribution in [2.45, 2.75) is 39.9 Å². The van der Waals surface area contributed by atoms with Gasteiger partial charge < -0.3 is 9.84 Å². The number of aromatic nitrogens is 5. The van der Waals surface area contributed by atoms with Gasteiger partial charge in [-0.05, 0) is 45.4 Å². The van der Waals surface area contributed by atoms with E-state index in [0.717, 1.165) is 10.8 Å². The largest absolute Gasteiger partial charge is 0.485 e. The second kappa shape index (κ2) is 9.91. The number of pyridine rings is 1. The lowest BCUT2D eigenvalue weighted by Crippen LogP contribution is -2.26. The lowest BCUT2D eigenvalue weighted by Gasteiger charge is -2.18. The zero-order valence-corrected chi connectivity index (χ0v) is 20.9. The highest BCUT2D eigenvalue weighted by Crippen LogP contribution is 2.35. The van der Waals surface area contributed by atoms with E-state index >= 15 is 4.39 Å². The summed E-state index contributed by atoms with van der Waals surface area (Å²) in [5, 5.41) is 9.79. The molecule has 4 rings (SSSR count). The molecule has 0 unspecified atom stereocenters. The minimum absolute atomic E-state index is 0.0478. The number of ether oxygens (including phenoxy) is 1. The molecule has 0 bridgehead atoms. The number of aliphatic hydroxyl groups is 1. The maximum atomic E-state index is 15.6. The summed E-state index contributed by atoms with van der Waals surface area (Å²) < 4.78 is 49.1. The fraction of sp³-hybridized carbons (Fsp3) is 0.240. The quantitative estimate of drug-likeness (QED) is 0.388. The maximum Gasteiger partial charge on any atom is 0.267 e. The highest BCUT2D eigenvalue weighted by molar-refractivity contribution is 6.32. The third-order valence-electron chi connectivity index (χ3n) is 5.43. The van der Waals surface area contributed by atoms with Crippen LogP contribution in [0.4, 0.5) is 13.2 Å². The van der Waals surface area contributed by atoms with Crippen LogP contribution in [0, 0.1) is 31.3 Å². The van der Waals surface area contributed by atoms with Gasteiger partial charge >= 0.3 is 0 Å². The zero-order valence-electron chi connectivity index (χ0n) is 20.2. The minimum Gasteiger partial charge on any atom is -0.485 e. The molecule has 3 heterocycles. The van der Waals surface area contributed by atoms with Crippen LogP contribution in [-0.4, -0.2) is 29.6 Å². The SMILES string of the molecule is Cc1cc(OCc2ncc(F)cc2F)c(Cl)c(F)c1-n1c(C)ncc(-c2ccnc(C(C)(C)O)n2)c1=O. The van der Waals surface area contributed by atoms with Gasteiger partial charge in [0.2, 0.25) is 0 Å². The second-order valence-corrected chi connectivity index (χ2v) is 9.10. The summed E-state index contributed by atoms with van der Waals surface area (Å²) >= 11 is 6.23. The van der Waals surface area contributed by atoms with E-state index in [9.17, 15) is 18.7 Å². The first kappa shape index (κ1) is 26.2. The Balaban J connectivity index is 1.77. The molecule has 192 valence electrons. The van der Waals surface area contributed by atoms with E-state index in [2.05, 4.69) is 19.9 Å². The molecular formula is C25H21ClF3N5O3. The lowest BCUT2D eigenvalue weighted by molar-refractivity contribution is 0.0688. The Morgan fingerprint density at radius 1 is 1.11 bits per heavy atom. The Hall–Kier alpha value is -3.83. The summed E-state index contributed by atoms with van der Waals surface area (Å²) in [5.74, 6) is -2.59. The van der Waals surface area contributed by atoms with Crippen LogP contribution in [0.3, 0.4) is 0 Å². The van der Waals surface area contributed by atoms with E-state index in [1.54, 1.807) is 0 Å². The van der Waals surface area contributed by atoms with Crippen molar-refractivity contribution in [3.05, 3.63) is 92.5 Å². The summed E-state index contributed by atoms with van der Waals surface area (Å²) in [4.78, 5) is 29.7. The number of benzene rings is 1. The molecule has 0 aliphatic rings. The fourth-order valence-electron chi connectivity index (χ4n) is 3.57. The molecular weight excluding hydrogens is 511 g/mol. The summed E-state index contributed by atoms with van der Waals surface area (Å²) in [6.07, 6.45) is 3.53. The zero-order chi connectivity index (χ0) is 27.1. The Morgan fingerprint density at radius 3 is 2.51 bits per heavy atom. The minimum atomic E-state index is -1.36. The van der Waals surface area contributed by atoms with Gasteiger partial charge in [-0.2, -0.15) is 0 Å². The van der Waals surface area contributed by atoms with E-state index < -0.39 is 40.2 Å². The first-order valence-corrected chi connectivity index (χ1v) is 11.3. The molecule has 0 spiro atoms. The van der Waals surface area contributed by atoms with Crippen molar-refractivity contribution in [2.75, 3.05) is 0 Å². The van der Waals surface area contributed by atoms with Gasteiger partial charge in [0.05, 0.1) is 23.1 Å². The molecule has 0 saturated heterocycles. The van der Waals surface area contributed by atoms with Crippen molar-refractivity contribution >= 4 is 11.6 Å². The molecule has 0 fully saturated rings. The van der Waals surface area contributed by atoms with Crippen LogP contribution in [0.1, 0.15) is 36.8 Å². The molecule has 3 aromatic heterocycles. The summed E-state index contributed by atoms with van der Waals surface area (Å²) in [6, 6.07) is 3.51. The summed E-state index contributed by atoms with van der Waals surface area (Å²) in [7, 11) is 0. The normalized spacial score (nSPS) is 11.6. The number of rotatable bonds is 6. The van der Waals surface area contributed by atoms with Crippen molar-refractivity contribution < 1.29 is 23.0 Å². The van der Waals surface area contributed by atoms with Gasteiger partial charge in [0.15, 0.2) is 17.5 Å². The van der Waals surface area contributed by atoms with E-state index in [1.165, 1.54) is 52.2 Å². The predicted octanol–water partition coefficient (Wildman–Crippen LogP) is 4.58. The van der Waals surface area contributed by atoms with Crippen molar-refractivity contribution in [3.63, 3.8) is 0 Å². The van der Waals surface area contributed by atoms with E-state index in [4.69, 9.17) is 16.3 Å². The molecule has 0 aliphatic carbocycles. The van der Waals surface area contributed by atoms with Crippen LogP contribution in [0.25, 0.3) is 16.9 Å². The molecule has 12 heteroatoms. The maximum absolute atomic E-state index is 15.6. The summed E-state index contributed by atoms with van der Waals surface area (Å²) in [6.45, 7) is 5.63. The molecule has 37 heavy (non-hydrogen) atoms. The molecule has 4 aromatic rings. The second-order valence-electron chi connectivity index (χ2n) is 8.72. The molecule has 8 nitrogen and oxygen atoms in total. The van der Waals surface area contributed by atoms with Gasteiger partial charge in [0, 0.05) is 18.5 Å². The van der Waals surface area contributed by atoms with Crippen molar-refractivity contribution in [1.82, 2.24) is 24.5 Å². The predicted molar refractivity (Wildman–Crippen MR) is 129 cm³/mol. The first-order valence-electron chi connectivity index (χ1n) is 10.9. The van der Waals surface area contributed by atoms with Crippen molar-refractivity contribution in [1.29, 1.82) is 0 Å². The van der Waals surface area contributed by atoms with E-state index in [1.807, 2.05) is 0 Å². The van der Waals surface area contributed by atoms with Crippen LogP contribution in [0.15, 0.2) is 41.6 Å².